The topological polar surface area (TPSA) is 22.0 Å². The Kier molecular flexibility index (Phi) is 5.21. The fourth-order valence-corrected chi connectivity index (χ4v) is 10.2. The summed E-state index contributed by atoms with van der Waals surface area (Å²) in [6, 6.07) is 55.1. The fourth-order valence-electron chi connectivity index (χ4n) is 7.07. The highest BCUT2D eigenvalue weighted by atomic mass is 31.2. The zero-order valence-electron chi connectivity index (χ0n) is 23.3. The minimum atomic E-state index is -3.17. The van der Waals surface area contributed by atoms with Crippen LogP contribution in [-0.2, 0) is 4.57 Å². The predicted octanol–water partition coefficient (Wildman–Crippen LogP) is 9.22. The van der Waals surface area contributed by atoms with Crippen molar-refractivity contribution >= 4 is 55.6 Å². The van der Waals surface area contributed by atoms with Crippen molar-refractivity contribution in [3.8, 4) is 27.9 Å². The highest BCUT2D eigenvalue weighted by Gasteiger charge is 2.38. The molecular formula is C40H26NOP. The Labute approximate surface area is 249 Å². The van der Waals surface area contributed by atoms with E-state index in [-0.39, 0.29) is 0 Å². The van der Waals surface area contributed by atoms with Crippen LogP contribution in [0.25, 0.3) is 60.5 Å². The lowest BCUT2D eigenvalue weighted by Gasteiger charge is -2.30. The first-order valence-electron chi connectivity index (χ1n) is 14.6. The van der Waals surface area contributed by atoms with Crippen molar-refractivity contribution in [3.05, 3.63) is 158 Å². The van der Waals surface area contributed by atoms with Crippen molar-refractivity contribution in [2.24, 2.45) is 0 Å². The van der Waals surface area contributed by atoms with Crippen LogP contribution >= 0.6 is 7.14 Å². The van der Waals surface area contributed by atoms with Gasteiger partial charge in [0.1, 0.15) is 0 Å². The third-order valence-corrected chi connectivity index (χ3v) is 12.1. The van der Waals surface area contributed by atoms with Gasteiger partial charge in [0, 0.05) is 37.8 Å². The standard InChI is InChI=1S/C40H26NOP/c42-43(31-18-5-2-6-19-31)38-23-11-15-28-14-10-21-33(40(28)38)35-25-37-34(26-39(35)43)32-20-7-8-22-36(32)41(37)30-17-9-16-29(24-30)27-12-3-1-4-13-27/h1-26H. The Morgan fingerprint density at radius 3 is 2.00 bits per heavy atom. The third kappa shape index (κ3) is 3.45. The molecule has 2 nitrogen and oxygen atoms in total. The van der Waals surface area contributed by atoms with Crippen LogP contribution in [0.3, 0.4) is 0 Å². The van der Waals surface area contributed by atoms with E-state index in [0.29, 0.717) is 0 Å². The molecule has 0 aliphatic carbocycles. The van der Waals surface area contributed by atoms with Crippen LogP contribution in [0.1, 0.15) is 0 Å². The largest absolute Gasteiger partial charge is 0.309 e. The zero-order valence-corrected chi connectivity index (χ0v) is 24.2. The lowest BCUT2D eigenvalue weighted by atomic mass is 9.96. The number of hydrogen-bond donors (Lipinski definition) is 0. The summed E-state index contributed by atoms with van der Waals surface area (Å²) in [5.41, 5.74) is 7.91. The highest BCUT2D eigenvalue weighted by Crippen LogP contribution is 2.53. The van der Waals surface area contributed by atoms with Gasteiger partial charge in [0.05, 0.1) is 11.0 Å². The van der Waals surface area contributed by atoms with Gasteiger partial charge in [0.25, 0.3) is 0 Å². The smallest absolute Gasteiger partial charge is 0.172 e. The van der Waals surface area contributed by atoms with Crippen molar-refractivity contribution in [2.75, 3.05) is 0 Å². The number of aromatic nitrogens is 1. The van der Waals surface area contributed by atoms with Crippen LogP contribution < -0.4 is 15.9 Å². The van der Waals surface area contributed by atoms with Crippen LogP contribution in [0.5, 0.6) is 0 Å². The second-order valence-electron chi connectivity index (χ2n) is 11.3. The lowest BCUT2D eigenvalue weighted by Crippen LogP contribution is -2.30. The maximum Gasteiger partial charge on any atom is 0.172 e. The van der Waals surface area contributed by atoms with Crippen LogP contribution in [0.15, 0.2) is 158 Å². The van der Waals surface area contributed by atoms with Gasteiger partial charge in [-0.05, 0) is 58.0 Å². The Hall–Kier alpha value is -5.17. The van der Waals surface area contributed by atoms with Gasteiger partial charge >= 0.3 is 0 Å². The van der Waals surface area contributed by atoms with Gasteiger partial charge in [0.15, 0.2) is 7.14 Å². The first kappa shape index (κ1) is 24.4. The van der Waals surface area contributed by atoms with E-state index in [2.05, 4.69) is 126 Å². The van der Waals surface area contributed by atoms with Gasteiger partial charge in [-0.15, -0.1) is 0 Å². The predicted molar refractivity (Wildman–Crippen MR) is 182 cm³/mol. The van der Waals surface area contributed by atoms with E-state index in [1.54, 1.807) is 0 Å². The minimum Gasteiger partial charge on any atom is -0.309 e. The second-order valence-corrected chi connectivity index (χ2v) is 14.0. The summed E-state index contributed by atoms with van der Waals surface area (Å²) in [6.07, 6.45) is 0. The molecule has 0 bridgehead atoms. The molecule has 1 unspecified atom stereocenters. The van der Waals surface area contributed by atoms with Crippen molar-refractivity contribution in [3.63, 3.8) is 0 Å². The molecule has 202 valence electrons. The molecule has 1 atom stereocenters. The van der Waals surface area contributed by atoms with E-state index in [1.165, 1.54) is 11.1 Å². The number of fused-ring (bicyclic) bond motifs is 5. The van der Waals surface area contributed by atoms with E-state index in [0.717, 1.165) is 65.3 Å². The molecule has 1 aliphatic heterocycles. The Balaban J connectivity index is 1.42. The fraction of sp³-hybridized carbons (Fsp3) is 0. The molecule has 0 amide bonds. The van der Waals surface area contributed by atoms with Gasteiger partial charge < -0.3 is 9.13 Å². The Morgan fingerprint density at radius 2 is 1.16 bits per heavy atom. The molecular weight excluding hydrogens is 541 g/mol. The average molecular weight is 568 g/mol. The summed E-state index contributed by atoms with van der Waals surface area (Å²) in [7, 11) is -3.17. The van der Waals surface area contributed by atoms with Gasteiger partial charge in [0.2, 0.25) is 0 Å². The molecule has 2 heterocycles. The number of para-hydroxylation sites is 1. The molecule has 1 aliphatic rings. The quantitative estimate of drug-likeness (QED) is 0.195. The average Bonchev–Trinajstić information content (AvgIpc) is 3.41. The first-order chi connectivity index (χ1) is 21.2. The molecule has 8 aromatic rings. The normalized spacial score (nSPS) is 15.6. The first-order valence-corrected chi connectivity index (χ1v) is 16.3. The molecule has 0 N–H and O–H groups in total. The molecule has 0 saturated carbocycles. The number of hydrogen-bond acceptors (Lipinski definition) is 1. The van der Waals surface area contributed by atoms with Gasteiger partial charge in [-0.25, -0.2) is 0 Å². The van der Waals surface area contributed by atoms with Crippen molar-refractivity contribution < 1.29 is 4.57 Å². The number of benzene rings is 7. The maximum atomic E-state index is 15.7. The minimum absolute atomic E-state index is 0.872. The second kappa shape index (κ2) is 9.16. The van der Waals surface area contributed by atoms with Crippen molar-refractivity contribution in [2.45, 2.75) is 0 Å². The Bertz CT molecular complexity index is 2420. The van der Waals surface area contributed by atoms with Gasteiger partial charge in [-0.2, -0.15) is 0 Å². The summed E-state index contributed by atoms with van der Waals surface area (Å²) >= 11 is 0. The van der Waals surface area contributed by atoms with Crippen molar-refractivity contribution in [1.82, 2.24) is 4.57 Å². The molecule has 0 fully saturated rings. The van der Waals surface area contributed by atoms with Crippen LogP contribution in [-0.4, -0.2) is 4.57 Å². The molecule has 7 aromatic carbocycles. The molecule has 1 aromatic heterocycles. The number of rotatable bonds is 3. The molecule has 0 radical (unpaired) electrons. The van der Waals surface area contributed by atoms with Crippen LogP contribution in [0.4, 0.5) is 0 Å². The maximum absolute atomic E-state index is 15.7. The van der Waals surface area contributed by atoms with E-state index in [4.69, 9.17) is 0 Å². The summed E-state index contributed by atoms with van der Waals surface area (Å²) in [4.78, 5) is 0. The molecule has 0 saturated heterocycles. The third-order valence-electron chi connectivity index (χ3n) is 8.97. The molecule has 0 spiro atoms. The van der Waals surface area contributed by atoms with E-state index >= 15 is 4.57 Å². The zero-order chi connectivity index (χ0) is 28.5. The van der Waals surface area contributed by atoms with Gasteiger partial charge in [-0.3, -0.25) is 0 Å². The van der Waals surface area contributed by atoms with Crippen LogP contribution in [0.2, 0.25) is 0 Å². The van der Waals surface area contributed by atoms with Gasteiger partial charge in [-0.1, -0.05) is 127 Å². The lowest BCUT2D eigenvalue weighted by molar-refractivity contribution is 0.592. The Morgan fingerprint density at radius 1 is 0.465 bits per heavy atom. The van der Waals surface area contributed by atoms with E-state index in [9.17, 15) is 0 Å². The van der Waals surface area contributed by atoms with Crippen molar-refractivity contribution in [1.29, 1.82) is 0 Å². The SMILES string of the molecule is O=P1(c2ccccc2)c2cc3c4ccccc4n(-c4cccc(-c5ccccc5)c4)c3cc2-c2cccc3cccc1c23. The number of nitrogens with zero attached hydrogens (tertiary/aromatic N) is 1. The summed E-state index contributed by atoms with van der Waals surface area (Å²) in [5, 5.41) is 7.20. The van der Waals surface area contributed by atoms with E-state index in [1.807, 2.05) is 36.4 Å². The molecule has 43 heavy (non-hydrogen) atoms. The monoisotopic (exact) mass is 567 g/mol. The summed E-state index contributed by atoms with van der Waals surface area (Å²) in [5.74, 6) is 0. The molecule has 9 rings (SSSR count). The summed E-state index contributed by atoms with van der Waals surface area (Å²) < 4.78 is 18.1. The van der Waals surface area contributed by atoms with E-state index < -0.39 is 7.14 Å². The highest BCUT2D eigenvalue weighted by molar-refractivity contribution is 7.86. The summed E-state index contributed by atoms with van der Waals surface area (Å²) in [6.45, 7) is 0. The van der Waals surface area contributed by atoms with Crippen LogP contribution in [0, 0.1) is 0 Å². The molecule has 3 heteroatoms.